The molecule has 5 rings (SSSR count). The molecule has 2 bridgehead atoms. The monoisotopic (exact) mass is 343 g/mol. The molecule has 1 saturated carbocycles. The summed E-state index contributed by atoms with van der Waals surface area (Å²) >= 11 is 0. The minimum Gasteiger partial charge on any atom is -0.837 e. The van der Waals surface area contributed by atoms with Gasteiger partial charge in [-0.25, -0.2) is 0 Å². The van der Waals surface area contributed by atoms with Crippen LogP contribution in [0.5, 0.6) is 0 Å². The van der Waals surface area contributed by atoms with E-state index in [1.807, 2.05) is 18.2 Å². The van der Waals surface area contributed by atoms with Crippen LogP contribution in [0.2, 0.25) is 0 Å². The van der Waals surface area contributed by atoms with Crippen LogP contribution in [0.4, 0.5) is 0 Å². The SMILES string of the molecule is C[N+]12CCC(CC1)[C@@H](OC(=O)C([O-])(c1ccccc1)C1CCCC1)C2. The van der Waals surface area contributed by atoms with Crippen molar-refractivity contribution in [2.24, 2.45) is 11.8 Å². The summed E-state index contributed by atoms with van der Waals surface area (Å²) in [4.78, 5) is 13.2. The average Bonchev–Trinajstić information content (AvgIpc) is 3.17. The van der Waals surface area contributed by atoms with Crippen molar-refractivity contribution in [3.05, 3.63) is 35.9 Å². The molecule has 4 nitrogen and oxygen atoms in total. The Kier molecular flexibility index (Phi) is 4.37. The van der Waals surface area contributed by atoms with Crippen molar-refractivity contribution >= 4 is 5.97 Å². The normalized spacial score (nSPS) is 34.6. The largest absolute Gasteiger partial charge is 0.837 e. The second-order valence-electron chi connectivity index (χ2n) is 8.61. The number of nitrogens with zero attached hydrogens (tertiary/aromatic N) is 1. The Labute approximate surface area is 150 Å². The number of hydrogen-bond acceptors (Lipinski definition) is 3. The number of carbonyl (C=O) groups excluding carboxylic acids is 1. The molecule has 0 N–H and O–H groups in total. The van der Waals surface area contributed by atoms with Crippen LogP contribution in [0.25, 0.3) is 0 Å². The molecule has 0 spiro atoms. The molecule has 0 amide bonds. The van der Waals surface area contributed by atoms with E-state index in [9.17, 15) is 9.90 Å². The third-order valence-electron chi connectivity index (χ3n) is 6.92. The molecule has 1 aliphatic carbocycles. The van der Waals surface area contributed by atoms with Gasteiger partial charge in [0.1, 0.15) is 6.54 Å². The van der Waals surface area contributed by atoms with Gasteiger partial charge >= 0.3 is 5.97 Å². The molecule has 25 heavy (non-hydrogen) atoms. The van der Waals surface area contributed by atoms with Crippen molar-refractivity contribution in [1.29, 1.82) is 0 Å². The van der Waals surface area contributed by atoms with Gasteiger partial charge in [0.05, 0.1) is 20.1 Å². The maximum atomic E-state index is 13.9. The zero-order valence-electron chi connectivity index (χ0n) is 15.2. The van der Waals surface area contributed by atoms with Crippen molar-refractivity contribution in [2.45, 2.75) is 50.2 Å². The van der Waals surface area contributed by atoms with E-state index < -0.39 is 11.6 Å². The number of fused-ring (bicyclic) bond motifs is 3. The highest BCUT2D eigenvalue weighted by molar-refractivity contribution is 5.81. The van der Waals surface area contributed by atoms with Crippen LogP contribution in [-0.4, -0.2) is 43.2 Å². The van der Waals surface area contributed by atoms with E-state index in [4.69, 9.17) is 4.74 Å². The van der Waals surface area contributed by atoms with Gasteiger partial charge in [-0.1, -0.05) is 56.0 Å². The summed E-state index contributed by atoms with van der Waals surface area (Å²) in [7, 11) is 2.24. The lowest BCUT2D eigenvalue weighted by Gasteiger charge is -2.51. The summed E-state index contributed by atoms with van der Waals surface area (Å²) < 4.78 is 6.94. The van der Waals surface area contributed by atoms with Gasteiger partial charge in [-0.3, -0.25) is 4.79 Å². The van der Waals surface area contributed by atoms with Crippen LogP contribution in [0.3, 0.4) is 0 Å². The fourth-order valence-corrected chi connectivity index (χ4v) is 5.25. The van der Waals surface area contributed by atoms with Gasteiger partial charge in [0.15, 0.2) is 6.10 Å². The lowest BCUT2D eigenvalue weighted by atomic mass is 9.79. The Hall–Kier alpha value is -1.39. The van der Waals surface area contributed by atoms with Gasteiger partial charge < -0.3 is 14.3 Å². The van der Waals surface area contributed by atoms with Crippen LogP contribution in [0, 0.1) is 11.8 Å². The van der Waals surface area contributed by atoms with E-state index in [-0.39, 0.29) is 12.0 Å². The summed E-state index contributed by atoms with van der Waals surface area (Å²) in [5.74, 6) is -0.239. The summed E-state index contributed by atoms with van der Waals surface area (Å²) in [5.41, 5.74) is -1.17. The second kappa shape index (κ2) is 6.40. The lowest BCUT2D eigenvalue weighted by molar-refractivity contribution is -0.928. The third kappa shape index (κ3) is 3.00. The minimum atomic E-state index is -1.75. The number of rotatable bonds is 4. The first kappa shape index (κ1) is 17.0. The Bertz CT molecular complexity index is 617. The zero-order valence-corrected chi connectivity index (χ0v) is 15.2. The van der Waals surface area contributed by atoms with Gasteiger partial charge in [0.2, 0.25) is 0 Å². The molecule has 3 heterocycles. The van der Waals surface area contributed by atoms with Crippen molar-refractivity contribution in [3.8, 4) is 0 Å². The number of benzene rings is 1. The van der Waals surface area contributed by atoms with Gasteiger partial charge in [-0.05, 0) is 11.5 Å². The molecule has 2 atom stereocenters. The number of piperidine rings is 3. The van der Waals surface area contributed by atoms with Gasteiger partial charge in [0, 0.05) is 24.4 Å². The third-order valence-corrected chi connectivity index (χ3v) is 6.92. The number of hydrogen-bond donors (Lipinski definition) is 0. The fraction of sp³-hybridized carbons (Fsp3) is 0.667. The Morgan fingerprint density at radius 3 is 2.36 bits per heavy atom. The molecule has 0 aromatic heterocycles. The first-order valence-corrected chi connectivity index (χ1v) is 9.82. The molecule has 136 valence electrons. The number of quaternary nitrogens is 1. The molecule has 0 radical (unpaired) electrons. The first-order valence-electron chi connectivity index (χ1n) is 9.82. The topological polar surface area (TPSA) is 49.4 Å². The van der Waals surface area contributed by atoms with Crippen molar-refractivity contribution in [1.82, 2.24) is 0 Å². The number of esters is 1. The molecular formula is C21H29NO3. The quantitative estimate of drug-likeness (QED) is 0.622. The molecule has 4 aliphatic rings. The van der Waals surface area contributed by atoms with Gasteiger partial charge in [-0.15, -0.1) is 0 Å². The molecule has 3 saturated heterocycles. The van der Waals surface area contributed by atoms with Crippen LogP contribution in [-0.2, 0) is 15.1 Å². The van der Waals surface area contributed by atoms with Crippen molar-refractivity contribution < 1.29 is 19.1 Å². The van der Waals surface area contributed by atoms with Gasteiger partial charge in [-0.2, -0.15) is 0 Å². The first-order chi connectivity index (χ1) is 12.0. The Morgan fingerprint density at radius 2 is 1.76 bits per heavy atom. The Balaban J connectivity index is 1.58. The molecule has 1 aromatic carbocycles. The molecule has 3 aliphatic heterocycles. The molecule has 4 heteroatoms. The fourth-order valence-electron chi connectivity index (χ4n) is 5.25. The van der Waals surface area contributed by atoms with Gasteiger partial charge in [0.25, 0.3) is 0 Å². The highest BCUT2D eigenvalue weighted by atomic mass is 16.6. The maximum Gasteiger partial charge on any atom is 0.300 e. The highest BCUT2D eigenvalue weighted by Gasteiger charge is 2.47. The van der Waals surface area contributed by atoms with Crippen molar-refractivity contribution in [2.75, 3.05) is 26.7 Å². The summed E-state index contributed by atoms with van der Waals surface area (Å²) in [6.07, 6.45) is 5.86. The number of carbonyl (C=O) groups is 1. The molecule has 1 unspecified atom stereocenters. The Morgan fingerprint density at radius 1 is 1.12 bits per heavy atom. The van der Waals surface area contributed by atoms with Crippen LogP contribution in [0.15, 0.2) is 30.3 Å². The predicted molar refractivity (Wildman–Crippen MR) is 93.5 cm³/mol. The number of ether oxygens (including phenoxy) is 1. The van der Waals surface area contributed by atoms with E-state index in [1.54, 1.807) is 12.1 Å². The predicted octanol–water partition coefficient (Wildman–Crippen LogP) is 2.21. The van der Waals surface area contributed by atoms with Crippen LogP contribution >= 0.6 is 0 Å². The summed E-state index contributed by atoms with van der Waals surface area (Å²) in [6.45, 7) is 3.21. The maximum absolute atomic E-state index is 13.9. The summed E-state index contributed by atoms with van der Waals surface area (Å²) in [6, 6.07) is 9.20. The van der Waals surface area contributed by atoms with E-state index in [1.165, 1.54) is 13.1 Å². The smallest absolute Gasteiger partial charge is 0.300 e. The minimum absolute atomic E-state index is 0.0848. The summed E-state index contributed by atoms with van der Waals surface area (Å²) in [5, 5.41) is 13.9. The van der Waals surface area contributed by atoms with Crippen LogP contribution < -0.4 is 5.11 Å². The highest BCUT2D eigenvalue weighted by Crippen LogP contribution is 2.41. The zero-order chi connectivity index (χ0) is 17.5. The number of likely N-dealkylation sites (N-methyl/N-ethyl adjacent to an activating group) is 1. The van der Waals surface area contributed by atoms with E-state index in [0.717, 1.165) is 49.6 Å². The van der Waals surface area contributed by atoms with E-state index >= 15 is 0 Å². The average molecular weight is 343 g/mol. The standard InChI is InChI=1S/C21H29NO3/c1-22-13-11-16(12-14-22)19(15-22)25-20(23)21(24,18-9-5-6-10-18)17-7-3-2-4-8-17/h2-4,7-8,16,18-19H,5-6,9-15H2,1H3/t16?,19-,21?,22?/m0/s1. The van der Waals surface area contributed by atoms with E-state index in [2.05, 4.69) is 7.05 Å². The second-order valence-corrected chi connectivity index (χ2v) is 8.61. The molecular weight excluding hydrogens is 314 g/mol. The molecule has 4 fully saturated rings. The van der Waals surface area contributed by atoms with Crippen molar-refractivity contribution in [3.63, 3.8) is 0 Å². The molecule has 1 aromatic rings. The van der Waals surface area contributed by atoms with E-state index in [0.29, 0.717) is 11.5 Å². The van der Waals surface area contributed by atoms with Crippen LogP contribution in [0.1, 0.15) is 44.1 Å². The lowest BCUT2D eigenvalue weighted by Crippen LogP contribution is -2.64.